The average Bonchev–Trinajstić information content (AvgIpc) is 3.41. The van der Waals surface area contributed by atoms with Crippen molar-refractivity contribution in [2.24, 2.45) is 10.4 Å². The standard InChI is InChI=1S/C23H24N4O4.C5H12.C4H10.C3H8/c1-14(7-9-24-15(2)27-16(3)28)20-13-26-22(19-8-10-31-21(19)20)25-12-17-5-4-6-18(11-17)23(29)30;1-5(2,3)4;1-3-4-2;1-3-2/h4-7,9,11,13H,2,8,10,12H2,1,3H3,(H,25,26)(H,27,28)(H,29,30);1-4H3;3-4H2,1-2H3;3H2,1-2H3/b14-7+,24-9-;;;. The van der Waals surface area contributed by atoms with Gasteiger partial charge < -0.3 is 20.5 Å². The first-order valence-electron chi connectivity index (χ1n) is 15.1. The zero-order chi connectivity index (χ0) is 33.0. The number of rotatable bonds is 9. The second-order valence-corrected chi connectivity index (χ2v) is 11.7. The predicted octanol–water partition coefficient (Wildman–Crippen LogP) is 8.68. The first-order valence-corrected chi connectivity index (χ1v) is 15.1. The van der Waals surface area contributed by atoms with Gasteiger partial charge in [0.25, 0.3) is 0 Å². The summed E-state index contributed by atoms with van der Waals surface area (Å²) in [5.74, 6) is 0.584. The van der Waals surface area contributed by atoms with E-state index in [4.69, 9.17) is 9.84 Å². The molecule has 0 spiro atoms. The van der Waals surface area contributed by atoms with Crippen LogP contribution in [0.2, 0.25) is 0 Å². The molecule has 0 aliphatic carbocycles. The summed E-state index contributed by atoms with van der Waals surface area (Å²) in [7, 11) is 0. The van der Waals surface area contributed by atoms with E-state index >= 15 is 0 Å². The molecule has 8 nitrogen and oxygen atoms in total. The molecule has 238 valence electrons. The van der Waals surface area contributed by atoms with E-state index in [9.17, 15) is 9.59 Å². The molecule has 1 amide bonds. The van der Waals surface area contributed by atoms with Gasteiger partial charge in [0, 0.05) is 43.4 Å². The Morgan fingerprint density at radius 3 is 2.26 bits per heavy atom. The van der Waals surface area contributed by atoms with E-state index in [1.807, 2.05) is 13.0 Å². The number of carboxylic acid groups (broad SMARTS) is 1. The lowest BCUT2D eigenvalue weighted by Crippen LogP contribution is -2.16. The van der Waals surface area contributed by atoms with Crippen molar-refractivity contribution in [3.8, 4) is 5.75 Å². The minimum absolute atomic E-state index is 0.226. The number of fused-ring (bicyclic) bond motifs is 1. The summed E-state index contributed by atoms with van der Waals surface area (Å²) >= 11 is 0. The molecule has 0 fully saturated rings. The molecule has 1 aliphatic heterocycles. The van der Waals surface area contributed by atoms with Crippen LogP contribution in [0.4, 0.5) is 5.82 Å². The van der Waals surface area contributed by atoms with Crippen molar-refractivity contribution >= 4 is 29.5 Å². The Morgan fingerprint density at radius 2 is 1.72 bits per heavy atom. The Kier molecular flexibility index (Phi) is 18.9. The molecule has 43 heavy (non-hydrogen) atoms. The summed E-state index contributed by atoms with van der Waals surface area (Å²) in [6, 6.07) is 6.79. The molecule has 3 N–H and O–H groups in total. The van der Waals surface area contributed by atoms with Gasteiger partial charge in [-0.3, -0.25) is 4.79 Å². The molecule has 2 aromatic rings. The maximum absolute atomic E-state index is 11.2. The summed E-state index contributed by atoms with van der Waals surface area (Å²) in [6.07, 6.45) is 9.73. The number of amides is 1. The largest absolute Gasteiger partial charge is 0.492 e. The summed E-state index contributed by atoms with van der Waals surface area (Å²) < 4.78 is 5.86. The second-order valence-electron chi connectivity index (χ2n) is 11.7. The summed E-state index contributed by atoms with van der Waals surface area (Å²) in [5, 5.41) is 14.9. The van der Waals surface area contributed by atoms with Gasteiger partial charge in [-0.1, -0.05) is 93.4 Å². The van der Waals surface area contributed by atoms with Gasteiger partial charge in [0.05, 0.1) is 12.2 Å². The molecule has 8 heteroatoms. The molecule has 1 aromatic carbocycles. The minimum atomic E-state index is -0.954. The third kappa shape index (κ3) is 17.6. The fourth-order valence-electron chi connectivity index (χ4n) is 3.19. The SMILES string of the molecule is C=C(/N=C\C=C(/C)c1cnc(NCc2cccc(C(=O)O)c2)c2c1OCC2)NC(C)=O.CC(C)(C)C.CCC.CCCC. The molecule has 0 unspecified atom stereocenters. The molecule has 0 atom stereocenters. The first kappa shape index (κ1) is 39.1. The predicted molar refractivity (Wildman–Crippen MR) is 181 cm³/mol. The van der Waals surface area contributed by atoms with Crippen LogP contribution in [0.25, 0.3) is 5.57 Å². The van der Waals surface area contributed by atoms with E-state index in [-0.39, 0.29) is 17.3 Å². The Balaban J connectivity index is 0.00000125. The van der Waals surface area contributed by atoms with Crippen molar-refractivity contribution in [2.75, 3.05) is 11.9 Å². The molecular weight excluding hydrogens is 540 g/mol. The van der Waals surface area contributed by atoms with Crippen LogP contribution < -0.4 is 15.4 Å². The fourth-order valence-corrected chi connectivity index (χ4v) is 3.19. The number of carbonyl (C=O) groups is 2. The molecule has 1 aliphatic rings. The zero-order valence-corrected chi connectivity index (χ0v) is 28.1. The Hall–Kier alpha value is -3.94. The molecule has 0 bridgehead atoms. The Morgan fingerprint density at radius 1 is 1.12 bits per heavy atom. The highest BCUT2D eigenvalue weighted by molar-refractivity contribution is 5.88. The van der Waals surface area contributed by atoms with Crippen LogP contribution in [0.15, 0.2) is 53.9 Å². The van der Waals surface area contributed by atoms with Crippen LogP contribution >= 0.6 is 0 Å². The number of nitrogens with zero attached hydrogens (tertiary/aromatic N) is 2. The second kappa shape index (κ2) is 20.9. The molecule has 1 aromatic heterocycles. The van der Waals surface area contributed by atoms with Crippen LogP contribution in [-0.2, 0) is 17.8 Å². The van der Waals surface area contributed by atoms with Gasteiger partial charge in [0.2, 0.25) is 5.91 Å². The van der Waals surface area contributed by atoms with Gasteiger partial charge in [-0.25, -0.2) is 14.8 Å². The number of nitrogens with one attached hydrogen (secondary N) is 2. The number of carboxylic acids is 1. The van der Waals surface area contributed by atoms with E-state index in [2.05, 4.69) is 82.6 Å². The number of anilines is 1. The monoisotopic (exact) mass is 594 g/mol. The van der Waals surface area contributed by atoms with Gasteiger partial charge in [0.15, 0.2) is 0 Å². The van der Waals surface area contributed by atoms with E-state index in [1.165, 1.54) is 26.2 Å². The van der Waals surface area contributed by atoms with Gasteiger partial charge in [0.1, 0.15) is 17.4 Å². The number of unbranched alkanes of at least 4 members (excludes halogenated alkanes) is 1. The number of aromatic carboxylic acids is 1. The highest BCUT2D eigenvalue weighted by Crippen LogP contribution is 2.37. The lowest BCUT2D eigenvalue weighted by Gasteiger charge is -2.13. The topological polar surface area (TPSA) is 113 Å². The number of hydrogen-bond acceptors (Lipinski definition) is 6. The van der Waals surface area contributed by atoms with Crippen molar-refractivity contribution in [3.05, 3.63) is 71.2 Å². The number of aromatic nitrogens is 1. The molecular formula is C35H54N4O4. The maximum atomic E-state index is 11.2. The van der Waals surface area contributed by atoms with Crippen LogP contribution in [0.1, 0.15) is 116 Å². The number of pyridine rings is 1. The molecule has 0 saturated carbocycles. The third-order valence-electron chi connectivity index (χ3n) is 5.16. The first-order chi connectivity index (χ1) is 20.2. The Labute approximate surface area is 259 Å². The van der Waals surface area contributed by atoms with Gasteiger partial charge in [-0.2, -0.15) is 0 Å². The van der Waals surface area contributed by atoms with Crippen molar-refractivity contribution in [1.29, 1.82) is 0 Å². The van der Waals surface area contributed by atoms with Crippen LogP contribution in [0.5, 0.6) is 5.75 Å². The zero-order valence-electron chi connectivity index (χ0n) is 28.1. The quantitative estimate of drug-likeness (QED) is 0.250. The van der Waals surface area contributed by atoms with Crippen LogP contribution in [0.3, 0.4) is 0 Å². The third-order valence-corrected chi connectivity index (χ3v) is 5.16. The highest BCUT2D eigenvalue weighted by atomic mass is 16.5. The lowest BCUT2D eigenvalue weighted by atomic mass is 10.0. The summed E-state index contributed by atoms with van der Waals surface area (Å²) in [5.41, 5.74) is 4.36. The van der Waals surface area contributed by atoms with Crippen LogP contribution in [-0.4, -0.2) is 34.8 Å². The Bertz CT molecular complexity index is 1220. The van der Waals surface area contributed by atoms with Crippen molar-refractivity contribution in [1.82, 2.24) is 10.3 Å². The maximum Gasteiger partial charge on any atom is 0.335 e. The summed E-state index contributed by atoms with van der Waals surface area (Å²) in [6.45, 7) is 25.4. The number of benzene rings is 1. The minimum Gasteiger partial charge on any atom is -0.492 e. The average molecular weight is 595 g/mol. The van der Waals surface area contributed by atoms with E-state index in [1.54, 1.807) is 36.7 Å². The van der Waals surface area contributed by atoms with E-state index in [0.29, 0.717) is 18.6 Å². The number of aliphatic imine (C=N–C) groups is 1. The van der Waals surface area contributed by atoms with Gasteiger partial charge in [-0.15, -0.1) is 0 Å². The number of carbonyl (C=O) groups excluding carboxylic acids is 1. The van der Waals surface area contributed by atoms with E-state index in [0.717, 1.165) is 40.3 Å². The number of hydrogen-bond donors (Lipinski definition) is 3. The number of allylic oxidation sites excluding steroid dienone is 2. The van der Waals surface area contributed by atoms with Crippen molar-refractivity contribution in [2.45, 2.75) is 101 Å². The van der Waals surface area contributed by atoms with Gasteiger partial charge >= 0.3 is 5.97 Å². The molecule has 0 saturated heterocycles. The lowest BCUT2D eigenvalue weighted by molar-refractivity contribution is -0.118. The molecule has 3 rings (SSSR count). The van der Waals surface area contributed by atoms with Crippen LogP contribution in [0, 0.1) is 5.41 Å². The smallest absolute Gasteiger partial charge is 0.335 e. The van der Waals surface area contributed by atoms with E-state index < -0.39 is 5.97 Å². The normalized spacial score (nSPS) is 11.8. The van der Waals surface area contributed by atoms with Crippen molar-refractivity contribution < 1.29 is 19.4 Å². The van der Waals surface area contributed by atoms with Crippen molar-refractivity contribution in [3.63, 3.8) is 0 Å². The highest BCUT2D eigenvalue weighted by Gasteiger charge is 2.22. The summed E-state index contributed by atoms with van der Waals surface area (Å²) in [4.78, 5) is 30.8. The van der Waals surface area contributed by atoms with Gasteiger partial charge in [-0.05, 0) is 41.7 Å². The fraction of sp³-hybridized carbons (Fsp3) is 0.486. The molecule has 2 heterocycles. The number of ether oxygens (including phenoxy) is 1. The molecule has 0 radical (unpaired) electrons.